The van der Waals surface area contributed by atoms with Gasteiger partial charge in [0, 0.05) is 56.0 Å². The van der Waals surface area contributed by atoms with Gasteiger partial charge in [0.05, 0.1) is 11.1 Å². The zero-order valence-electron chi connectivity index (χ0n) is 19.7. The number of nitrogens with zero attached hydrogens (tertiary/aromatic N) is 2. The number of ether oxygens (including phenoxy) is 1. The van der Waals surface area contributed by atoms with Gasteiger partial charge in [-0.15, -0.1) is 0 Å². The van der Waals surface area contributed by atoms with Gasteiger partial charge in [0.2, 0.25) is 6.41 Å². The average molecular weight is 556 g/mol. The van der Waals surface area contributed by atoms with Gasteiger partial charge in [-0.25, -0.2) is 4.39 Å². The summed E-state index contributed by atoms with van der Waals surface area (Å²) < 4.78 is 19.4. The van der Waals surface area contributed by atoms with E-state index < -0.39 is 0 Å². The fourth-order valence-corrected chi connectivity index (χ4v) is 4.79. The van der Waals surface area contributed by atoms with Crippen LogP contribution in [0.3, 0.4) is 0 Å². The summed E-state index contributed by atoms with van der Waals surface area (Å²) in [5, 5.41) is 6.40. The lowest BCUT2D eigenvalue weighted by atomic mass is 10.0. The summed E-state index contributed by atoms with van der Waals surface area (Å²) in [6.07, 6.45) is 2.85. The molecule has 34 heavy (non-hydrogen) atoms. The van der Waals surface area contributed by atoms with Crippen molar-refractivity contribution in [1.29, 1.82) is 0 Å². The Bertz CT molecular complexity index is 951. The Morgan fingerprint density at radius 2 is 2.18 bits per heavy atom. The minimum atomic E-state index is -0.388. The number of piperazine rings is 1. The van der Waals surface area contributed by atoms with E-state index in [-0.39, 0.29) is 16.9 Å². The summed E-state index contributed by atoms with van der Waals surface area (Å²) in [5.74, 6) is 0.551. The second-order valence-electron chi connectivity index (χ2n) is 8.59. The van der Waals surface area contributed by atoms with Gasteiger partial charge in [0.25, 0.3) is 0 Å². The molecule has 6 nitrogen and oxygen atoms in total. The zero-order valence-corrected chi connectivity index (χ0v) is 22.0. The molecule has 0 bridgehead atoms. The molecule has 1 fully saturated rings. The predicted octanol–water partition coefficient (Wildman–Crippen LogP) is 4.42. The maximum Gasteiger partial charge on any atom is 0.210 e. The molecular formula is C25H33BrClFN4O2. The molecule has 0 saturated carbocycles. The number of halogens is 3. The van der Waals surface area contributed by atoms with E-state index in [1.807, 2.05) is 17.0 Å². The first kappa shape index (κ1) is 26.7. The van der Waals surface area contributed by atoms with Crippen LogP contribution in [0.15, 0.2) is 40.9 Å². The van der Waals surface area contributed by atoms with Crippen LogP contribution in [-0.4, -0.2) is 74.7 Å². The van der Waals surface area contributed by atoms with Crippen molar-refractivity contribution in [3.8, 4) is 5.75 Å². The van der Waals surface area contributed by atoms with Crippen LogP contribution in [0, 0.1) is 5.82 Å². The lowest BCUT2D eigenvalue weighted by Crippen LogP contribution is -2.50. The van der Waals surface area contributed by atoms with Crippen molar-refractivity contribution in [3.05, 3.63) is 57.3 Å². The van der Waals surface area contributed by atoms with E-state index in [1.54, 1.807) is 13.1 Å². The molecule has 0 radical (unpaired) electrons. The summed E-state index contributed by atoms with van der Waals surface area (Å²) in [4.78, 5) is 16.0. The lowest BCUT2D eigenvalue weighted by molar-refractivity contribution is -0.121. The van der Waals surface area contributed by atoms with E-state index in [4.69, 9.17) is 16.3 Å². The molecule has 0 aromatic heterocycles. The highest BCUT2D eigenvalue weighted by Crippen LogP contribution is 2.29. The molecule has 2 heterocycles. The minimum absolute atomic E-state index is 0.129. The van der Waals surface area contributed by atoms with Gasteiger partial charge in [-0.1, -0.05) is 27.5 Å². The van der Waals surface area contributed by atoms with E-state index in [9.17, 15) is 9.18 Å². The molecule has 2 unspecified atom stereocenters. The highest BCUT2D eigenvalue weighted by molar-refractivity contribution is 9.10. The van der Waals surface area contributed by atoms with Gasteiger partial charge >= 0.3 is 0 Å². The van der Waals surface area contributed by atoms with Crippen molar-refractivity contribution in [3.63, 3.8) is 0 Å². The van der Waals surface area contributed by atoms with Crippen molar-refractivity contribution >= 4 is 39.6 Å². The average Bonchev–Trinajstić information content (AvgIpc) is 2.84. The second-order valence-corrected chi connectivity index (χ2v) is 9.91. The van der Waals surface area contributed by atoms with Crippen molar-refractivity contribution in [2.45, 2.75) is 31.8 Å². The van der Waals surface area contributed by atoms with E-state index in [1.165, 1.54) is 17.7 Å². The molecule has 2 aromatic rings. The maximum atomic E-state index is 12.5. The van der Waals surface area contributed by atoms with Crippen molar-refractivity contribution in [2.24, 2.45) is 0 Å². The highest BCUT2D eigenvalue weighted by atomic mass is 79.9. The van der Waals surface area contributed by atoms with Crippen LogP contribution in [0.4, 0.5) is 10.1 Å². The molecule has 2 aromatic carbocycles. The quantitative estimate of drug-likeness (QED) is 0.496. The van der Waals surface area contributed by atoms with Crippen LogP contribution >= 0.6 is 27.5 Å². The maximum absolute atomic E-state index is 12.5. The van der Waals surface area contributed by atoms with Crippen molar-refractivity contribution in [1.82, 2.24) is 15.1 Å². The molecule has 0 spiro atoms. The molecule has 2 atom stereocenters. The Morgan fingerprint density at radius 3 is 2.88 bits per heavy atom. The van der Waals surface area contributed by atoms with Gasteiger partial charge < -0.3 is 20.3 Å². The Balaban J connectivity index is 0.000000271. The molecule has 2 N–H and O–H groups in total. The Labute approximate surface area is 214 Å². The molecule has 1 saturated heterocycles. The van der Waals surface area contributed by atoms with Crippen LogP contribution in [0.5, 0.6) is 5.75 Å². The van der Waals surface area contributed by atoms with E-state index in [0.29, 0.717) is 12.6 Å². The lowest BCUT2D eigenvalue weighted by Gasteiger charge is -2.36. The monoisotopic (exact) mass is 554 g/mol. The third kappa shape index (κ3) is 7.57. The molecule has 1 amide bonds. The molecule has 9 heteroatoms. The first-order valence-corrected chi connectivity index (χ1v) is 12.8. The fraction of sp³-hybridized carbons (Fsp3) is 0.480. The normalized spacial score (nSPS) is 19.8. The summed E-state index contributed by atoms with van der Waals surface area (Å²) >= 11 is 8.98. The number of carbonyl (C=O) groups excluding carboxylic acids is 1. The number of nitrogens with one attached hydrogen (secondary N) is 2. The number of benzene rings is 2. The zero-order chi connectivity index (χ0) is 24.5. The Hall–Kier alpha value is -1.87. The molecular weight excluding hydrogens is 523 g/mol. The number of carbonyl (C=O) groups is 1. The summed E-state index contributed by atoms with van der Waals surface area (Å²) in [6.45, 7) is 7.88. The predicted molar refractivity (Wildman–Crippen MR) is 139 cm³/mol. The highest BCUT2D eigenvalue weighted by Gasteiger charge is 2.25. The number of fused-ring (bicyclic) bond motifs is 1. The Kier molecular flexibility index (Phi) is 10.4. The first-order valence-electron chi connectivity index (χ1n) is 11.6. The van der Waals surface area contributed by atoms with Crippen molar-refractivity contribution in [2.75, 3.05) is 51.7 Å². The first-order chi connectivity index (χ1) is 16.4. The SMILES string of the molecule is CC1CNCCN1CCCN(C=O)C1COc2ccc(Br)cc2C1.CNc1ccc(F)c(Cl)c1. The standard InChI is InChI=1S/C18H26BrN3O2.C7H7ClFN/c1-14-11-20-5-8-21(14)6-2-7-22(13-23)17-10-15-9-16(19)3-4-18(15)24-12-17;1-10-5-2-3-7(9)6(8)4-5/h3-4,9,13-14,17,20H,2,5-8,10-12H2,1H3;2-4,10H,1H3. The number of rotatable bonds is 7. The van der Waals surface area contributed by atoms with Crippen LogP contribution in [0.2, 0.25) is 5.02 Å². The second kappa shape index (κ2) is 13.3. The van der Waals surface area contributed by atoms with Gasteiger partial charge in [-0.05, 0) is 61.7 Å². The van der Waals surface area contributed by atoms with Gasteiger partial charge in [0.1, 0.15) is 18.2 Å². The van der Waals surface area contributed by atoms with E-state index in [2.05, 4.69) is 44.5 Å². The summed E-state index contributed by atoms with van der Waals surface area (Å²) in [6, 6.07) is 11.3. The number of amides is 1. The largest absolute Gasteiger partial charge is 0.491 e. The number of anilines is 1. The molecule has 2 aliphatic rings. The van der Waals surface area contributed by atoms with E-state index >= 15 is 0 Å². The Morgan fingerprint density at radius 1 is 1.35 bits per heavy atom. The van der Waals surface area contributed by atoms with Gasteiger partial charge in [0.15, 0.2) is 0 Å². The van der Waals surface area contributed by atoms with Gasteiger partial charge in [-0.2, -0.15) is 0 Å². The van der Waals surface area contributed by atoms with Crippen LogP contribution < -0.4 is 15.4 Å². The number of hydrogen-bond acceptors (Lipinski definition) is 5. The van der Waals surface area contributed by atoms with Crippen LogP contribution in [-0.2, 0) is 11.2 Å². The minimum Gasteiger partial charge on any atom is -0.491 e. The van der Waals surface area contributed by atoms with E-state index in [0.717, 1.165) is 67.9 Å². The van der Waals surface area contributed by atoms with Gasteiger partial charge in [-0.3, -0.25) is 9.69 Å². The summed E-state index contributed by atoms with van der Waals surface area (Å²) in [5.41, 5.74) is 1.98. The van der Waals surface area contributed by atoms with Crippen LogP contribution in [0.25, 0.3) is 0 Å². The third-order valence-corrected chi connectivity index (χ3v) is 7.01. The molecule has 0 aliphatic carbocycles. The smallest absolute Gasteiger partial charge is 0.210 e. The van der Waals surface area contributed by atoms with Crippen LogP contribution in [0.1, 0.15) is 18.9 Å². The van der Waals surface area contributed by atoms with Crippen molar-refractivity contribution < 1.29 is 13.9 Å². The fourth-order valence-electron chi connectivity index (χ4n) is 4.20. The molecule has 2 aliphatic heterocycles. The molecule has 4 rings (SSSR count). The third-order valence-electron chi connectivity index (χ3n) is 6.22. The number of hydrogen-bond donors (Lipinski definition) is 2. The summed E-state index contributed by atoms with van der Waals surface area (Å²) in [7, 11) is 1.75. The molecule has 186 valence electrons. The topological polar surface area (TPSA) is 56.8 Å².